The fourth-order valence-corrected chi connectivity index (χ4v) is 1.28. The molecule has 0 fully saturated rings. The van der Waals surface area contributed by atoms with Gasteiger partial charge in [0.1, 0.15) is 0 Å². The third-order valence-corrected chi connectivity index (χ3v) is 1.99. The zero-order valence-corrected chi connectivity index (χ0v) is 10.0. The predicted octanol–water partition coefficient (Wildman–Crippen LogP) is 1.14. The monoisotopic (exact) mass is 238 g/mol. The molecule has 1 aromatic heterocycles. The molecule has 0 aliphatic carbocycles. The maximum Gasteiger partial charge on any atom is 0.359 e. The maximum atomic E-state index is 11.7. The average Bonchev–Trinajstić information content (AvgIpc) is 2.29. The minimum Gasteiger partial charge on any atom is -0.462 e. The van der Waals surface area contributed by atoms with E-state index in [2.05, 4.69) is 10.2 Å². The molecule has 0 aliphatic rings. The molecule has 0 amide bonds. The van der Waals surface area contributed by atoms with E-state index in [0.29, 0.717) is 5.56 Å². The van der Waals surface area contributed by atoms with E-state index < -0.39 is 11.9 Å². The summed E-state index contributed by atoms with van der Waals surface area (Å²) in [6, 6.07) is 0. The molecule has 0 radical (unpaired) electrons. The molecular formula is C11H14N2O4. The lowest BCUT2D eigenvalue weighted by atomic mass is 10.1. The fourth-order valence-electron chi connectivity index (χ4n) is 1.28. The van der Waals surface area contributed by atoms with Crippen molar-refractivity contribution in [1.29, 1.82) is 0 Å². The van der Waals surface area contributed by atoms with Crippen molar-refractivity contribution in [3.8, 4) is 0 Å². The third kappa shape index (κ3) is 2.99. The van der Waals surface area contributed by atoms with Crippen LogP contribution in [0.3, 0.4) is 0 Å². The van der Waals surface area contributed by atoms with Crippen LogP contribution in [0.25, 0.3) is 0 Å². The van der Waals surface area contributed by atoms with Gasteiger partial charge in [-0.25, -0.2) is 9.59 Å². The van der Waals surface area contributed by atoms with Crippen molar-refractivity contribution >= 4 is 11.9 Å². The maximum absolute atomic E-state index is 11.7. The van der Waals surface area contributed by atoms with Gasteiger partial charge in [-0.2, -0.15) is 5.10 Å². The Balaban J connectivity index is 3.17. The minimum atomic E-state index is -0.674. The second-order valence-corrected chi connectivity index (χ2v) is 3.19. The number of aryl methyl sites for hydroxylation is 1. The molecule has 0 N–H and O–H groups in total. The molecule has 0 aliphatic heterocycles. The topological polar surface area (TPSA) is 78.4 Å². The Labute approximate surface area is 98.9 Å². The van der Waals surface area contributed by atoms with Crippen LogP contribution in [0.5, 0.6) is 0 Å². The van der Waals surface area contributed by atoms with Gasteiger partial charge in [0.25, 0.3) is 0 Å². The molecule has 0 spiro atoms. The van der Waals surface area contributed by atoms with E-state index in [4.69, 9.17) is 9.47 Å². The highest BCUT2D eigenvalue weighted by Gasteiger charge is 2.23. The number of esters is 2. The molecule has 0 unspecified atom stereocenters. The summed E-state index contributed by atoms with van der Waals surface area (Å²) in [5.41, 5.74) is 0.534. The summed E-state index contributed by atoms with van der Waals surface area (Å²) in [6.07, 6.45) is 1.40. The summed E-state index contributed by atoms with van der Waals surface area (Å²) in [6.45, 7) is 5.44. The molecule has 0 saturated carbocycles. The molecule has 1 aromatic rings. The van der Waals surface area contributed by atoms with Crippen LogP contribution in [0, 0.1) is 6.92 Å². The molecule has 0 bridgehead atoms. The highest BCUT2D eigenvalue weighted by molar-refractivity contribution is 6.02. The van der Waals surface area contributed by atoms with Crippen LogP contribution in [-0.2, 0) is 9.47 Å². The van der Waals surface area contributed by atoms with Crippen LogP contribution in [0.1, 0.15) is 40.3 Å². The lowest BCUT2D eigenvalue weighted by Gasteiger charge is -2.08. The van der Waals surface area contributed by atoms with Crippen molar-refractivity contribution in [2.24, 2.45) is 0 Å². The lowest BCUT2D eigenvalue weighted by Crippen LogP contribution is -2.18. The van der Waals surface area contributed by atoms with Crippen LogP contribution in [0.15, 0.2) is 6.20 Å². The smallest absolute Gasteiger partial charge is 0.359 e. The van der Waals surface area contributed by atoms with Gasteiger partial charge in [-0.05, 0) is 26.3 Å². The molecule has 1 rings (SSSR count). The van der Waals surface area contributed by atoms with Gasteiger partial charge in [-0.3, -0.25) is 0 Å². The molecule has 92 valence electrons. The van der Waals surface area contributed by atoms with Crippen LogP contribution in [0.4, 0.5) is 0 Å². The summed E-state index contributed by atoms with van der Waals surface area (Å²) in [4.78, 5) is 23.3. The van der Waals surface area contributed by atoms with E-state index in [0.717, 1.165) is 0 Å². The van der Waals surface area contributed by atoms with Crippen molar-refractivity contribution in [3.05, 3.63) is 23.0 Å². The van der Waals surface area contributed by atoms with Crippen LogP contribution < -0.4 is 0 Å². The number of carbonyl (C=O) groups excluding carboxylic acids is 2. The first-order chi connectivity index (χ1) is 8.11. The van der Waals surface area contributed by atoms with E-state index in [1.54, 1.807) is 20.8 Å². The van der Waals surface area contributed by atoms with E-state index in [1.807, 2.05) is 0 Å². The first kappa shape index (κ1) is 13.1. The Kier molecular flexibility index (Phi) is 4.56. The van der Waals surface area contributed by atoms with Gasteiger partial charge >= 0.3 is 11.9 Å². The number of hydrogen-bond acceptors (Lipinski definition) is 6. The fraction of sp³-hybridized carbons (Fsp3) is 0.455. The van der Waals surface area contributed by atoms with Crippen molar-refractivity contribution in [3.63, 3.8) is 0 Å². The summed E-state index contributed by atoms with van der Waals surface area (Å²) in [5, 5.41) is 7.27. The van der Waals surface area contributed by atoms with Crippen LogP contribution >= 0.6 is 0 Å². The second-order valence-electron chi connectivity index (χ2n) is 3.19. The summed E-state index contributed by atoms with van der Waals surface area (Å²) >= 11 is 0. The van der Waals surface area contributed by atoms with Gasteiger partial charge in [0.2, 0.25) is 0 Å². The number of rotatable bonds is 4. The first-order valence-corrected chi connectivity index (χ1v) is 5.28. The van der Waals surface area contributed by atoms with Gasteiger partial charge in [0, 0.05) is 0 Å². The van der Waals surface area contributed by atoms with Crippen LogP contribution in [0.2, 0.25) is 0 Å². The quantitative estimate of drug-likeness (QED) is 0.732. The van der Waals surface area contributed by atoms with Crippen molar-refractivity contribution in [2.75, 3.05) is 13.2 Å². The Morgan fingerprint density at radius 1 is 1.18 bits per heavy atom. The highest BCUT2D eigenvalue weighted by Crippen LogP contribution is 2.13. The largest absolute Gasteiger partial charge is 0.462 e. The zero-order valence-electron chi connectivity index (χ0n) is 10.0. The average molecular weight is 238 g/mol. The lowest BCUT2D eigenvalue weighted by molar-refractivity contribution is 0.0471. The van der Waals surface area contributed by atoms with Crippen molar-refractivity contribution in [2.45, 2.75) is 20.8 Å². The third-order valence-electron chi connectivity index (χ3n) is 1.99. The van der Waals surface area contributed by atoms with E-state index >= 15 is 0 Å². The first-order valence-electron chi connectivity index (χ1n) is 5.28. The standard InChI is InChI=1S/C11H14N2O4/c1-4-16-10(14)8-7(3)6-12-13-9(8)11(15)17-5-2/h6H,4-5H2,1-3H3. The van der Waals surface area contributed by atoms with Gasteiger partial charge in [0.15, 0.2) is 5.69 Å². The molecule has 6 heteroatoms. The molecule has 0 aromatic carbocycles. The second kappa shape index (κ2) is 5.93. The molecular weight excluding hydrogens is 224 g/mol. The van der Waals surface area contributed by atoms with E-state index in [-0.39, 0.29) is 24.5 Å². The van der Waals surface area contributed by atoms with Crippen molar-refractivity contribution in [1.82, 2.24) is 10.2 Å². The normalized spacial score (nSPS) is 9.82. The summed E-state index contributed by atoms with van der Waals surface area (Å²) in [7, 11) is 0. The molecule has 6 nitrogen and oxygen atoms in total. The summed E-state index contributed by atoms with van der Waals surface area (Å²) in [5.74, 6) is -1.27. The molecule has 0 atom stereocenters. The number of carbonyl (C=O) groups is 2. The Morgan fingerprint density at radius 3 is 2.35 bits per heavy atom. The number of ether oxygens (including phenoxy) is 2. The molecule has 0 saturated heterocycles. The van der Waals surface area contributed by atoms with Gasteiger partial charge in [-0.1, -0.05) is 0 Å². The Morgan fingerprint density at radius 2 is 1.76 bits per heavy atom. The molecule has 17 heavy (non-hydrogen) atoms. The van der Waals surface area contributed by atoms with Crippen LogP contribution in [-0.4, -0.2) is 35.3 Å². The summed E-state index contributed by atoms with van der Waals surface area (Å²) < 4.78 is 9.67. The van der Waals surface area contributed by atoms with Gasteiger partial charge in [0.05, 0.1) is 25.0 Å². The Bertz CT molecular complexity index is 431. The Hall–Kier alpha value is -1.98. The van der Waals surface area contributed by atoms with Crippen molar-refractivity contribution < 1.29 is 19.1 Å². The SMILES string of the molecule is CCOC(=O)c1nncc(C)c1C(=O)OCC. The zero-order chi connectivity index (χ0) is 12.8. The number of nitrogens with zero attached hydrogens (tertiary/aromatic N) is 2. The minimum absolute atomic E-state index is 0.106. The number of aromatic nitrogens is 2. The van der Waals surface area contributed by atoms with E-state index in [9.17, 15) is 9.59 Å². The van der Waals surface area contributed by atoms with Gasteiger partial charge in [-0.15, -0.1) is 5.10 Å². The molecule has 1 heterocycles. The predicted molar refractivity (Wildman–Crippen MR) is 58.7 cm³/mol. The van der Waals surface area contributed by atoms with Gasteiger partial charge < -0.3 is 9.47 Å². The highest BCUT2D eigenvalue weighted by atomic mass is 16.5. The van der Waals surface area contributed by atoms with E-state index in [1.165, 1.54) is 6.20 Å². The number of hydrogen-bond donors (Lipinski definition) is 0.